The molecular formula is C24H26F3N5O3. The molecule has 3 aromatic rings. The first kappa shape index (κ1) is 25.9. The van der Waals surface area contributed by atoms with Crippen molar-refractivity contribution in [2.24, 2.45) is 0 Å². The fourth-order valence-electron chi connectivity index (χ4n) is 3.54. The number of hydrogen-bond acceptors (Lipinski definition) is 5. The summed E-state index contributed by atoms with van der Waals surface area (Å²) >= 11 is 0. The van der Waals surface area contributed by atoms with Gasteiger partial charge in [-0.25, -0.2) is 4.79 Å². The molecule has 11 heteroatoms. The average Bonchev–Trinajstić information content (AvgIpc) is 3.51. The smallest absolute Gasteiger partial charge is 0.475 e. The molecule has 35 heavy (non-hydrogen) atoms. The van der Waals surface area contributed by atoms with Crippen molar-refractivity contribution in [3.63, 3.8) is 0 Å². The lowest BCUT2D eigenvalue weighted by molar-refractivity contribution is -0.192. The quantitative estimate of drug-likeness (QED) is 0.538. The van der Waals surface area contributed by atoms with Crippen LogP contribution in [0.2, 0.25) is 0 Å². The highest BCUT2D eigenvalue weighted by Gasteiger charge is 2.38. The Morgan fingerprint density at radius 3 is 2.34 bits per heavy atom. The van der Waals surface area contributed by atoms with E-state index in [1.807, 2.05) is 66.3 Å². The molecule has 1 aromatic heterocycles. The van der Waals surface area contributed by atoms with Gasteiger partial charge >= 0.3 is 12.1 Å². The molecule has 8 nitrogen and oxygen atoms in total. The summed E-state index contributed by atoms with van der Waals surface area (Å²) in [6.07, 6.45) is -0.542. The highest BCUT2D eigenvalue weighted by atomic mass is 19.4. The molecule has 0 saturated carbocycles. The second-order valence-electron chi connectivity index (χ2n) is 8.07. The minimum absolute atomic E-state index is 0.119. The number of nitrogens with zero attached hydrogens (tertiary/aromatic N) is 4. The maximum Gasteiger partial charge on any atom is 0.490 e. The number of carbonyl (C=O) groups is 2. The Hall–Kier alpha value is -3.73. The van der Waals surface area contributed by atoms with Gasteiger partial charge in [0.2, 0.25) is 0 Å². The van der Waals surface area contributed by atoms with Gasteiger partial charge < -0.3 is 15.3 Å². The minimum atomic E-state index is -5.08. The summed E-state index contributed by atoms with van der Waals surface area (Å²) in [6.45, 7) is 6.14. The molecule has 1 saturated heterocycles. The number of nitrogens with one attached hydrogen (secondary N) is 1. The van der Waals surface area contributed by atoms with E-state index < -0.39 is 12.1 Å². The second kappa shape index (κ2) is 11.6. The topological polar surface area (TPSA) is 100 Å². The summed E-state index contributed by atoms with van der Waals surface area (Å²) in [6, 6.07) is 15.3. The van der Waals surface area contributed by atoms with Gasteiger partial charge in [0, 0.05) is 23.4 Å². The van der Waals surface area contributed by atoms with E-state index in [4.69, 9.17) is 9.90 Å². The third kappa shape index (κ3) is 7.64. The number of hydrogen-bond donors (Lipinski definition) is 2. The zero-order valence-electron chi connectivity index (χ0n) is 19.1. The zero-order chi connectivity index (χ0) is 25.4. The molecule has 2 aromatic carbocycles. The molecule has 0 unspecified atom stereocenters. The van der Waals surface area contributed by atoms with Crippen molar-refractivity contribution >= 4 is 17.6 Å². The Morgan fingerprint density at radius 2 is 1.71 bits per heavy atom. The van der Waals surface area contributed by atoms with Crippen LogP contribution in [0, 0.1) is 6.92 Å². The van der Waals surface area contributed by atoms with Crippen molar-refractivity contribution in [3.8, 4) is 11.3 Å². The number of benzene rings is 2. The van der Waals surface area contributed by atoms with Gasteiger partial charge in [-0.1, -0.05) is 35.5 Å². The summed E-state index contributed by atoms with van der Waals surface area (Å²) in [7, 11) is 0. The Morgan fingerprint density at radius 1 is 1.06 bits per heavy atom. The Kier molecular flexibility index (Phi) is 8.58. The van der Waals surface area contributed by atoms with Gasteiger partial charge in [0.05, 0.1) is 12.7 Å². The highest BCUT2D eigenvalue weighted by molar-refractivity contribution is 6.05. The number of amides is 1. The number of rotatable bonds is 6. The summed E-state index contributed by atoms with van der Waals surface area (Å²) in [5, 5.41) is 18.6. The first-order chi connectivity index (χ1) is 16.6. The lowest BCUT2D eigenvalue weighted by Gasteiger charge is -2.13. The minimum Gasteiger partial charge on any atom is -0.475 e. The fourth-order valence-corrected chi connectivity index (χ4v) is 3.54. The SMILES string of the molecule is Cc1ccc(-c2cn(CCN3CCCC3)nn2)cc1C(=O)Nc1ccccc1.O=C(O)C(F)(F)F. The van der Waals surface area contributed by atoms with E-state index in [0.29, 0.717) is 5.56 Å². The number of halogens is 3. The summed E-state index contributed by atoms with van der Waals surface area (Å²) in [5.41, 5.74) is 4.04. The van der Waals surface area contributed by atoms with Crippen molar-refractivity contribution in [1.29, 1.82) is 0 Å². The molecule has 186 valence electrons. The first-order valence-electron chi connectivity index (χ1n) is 11.0. The van der Waals surface area contributed by atoms with Crippen LogP contribution in [0.5, 0.6) is 0 Å². The second-order valence-corrected chi connectivity index (χ2v) is 8.07. The monoisotopic (exact) mass is 489 g/mol. The molecule has 1 fully saturated rings. The Bertz CT molecular complexity index is 1140. The largest absolute Gasteiger partial charge is 0.490 e. The van der Waals surface area contributed by atoms with Crippen LogP contribution >= 0.6 is 0 Å². The molecule has 1 amide bonds. The number of para-hydroxylation sites is 1. The summed E-state index contributed by atoms with van der Waals surface area (Å²) < 4.78 is 33.6. The van der Waals surface area contributed by atoms with E-state index in [1.54, 1.807) is 0 Å². The predicted molar refractivity (Wildman–Crippen MR) is 124 cm³/mol. The number of aromatic nitrogens is 3. The van der Waals surface area contributed by atoms with Crippen LogP contribution in [0.15, 0.2) is 54.7 Å². The first-order valence-corrected chi connectivity index (χ1v) is 11.0. The third-order valence-corrected chi connectivity index (χ3v) is 5.43. The lowest BCUT2D eigenvalue weighted by atomic mass is 10.0. The normalized spacial score (nSPS) is 13.7. The van der Waals surface area contributed by atoms with Gasteiger partial charge in [-0.15, -0.1) is 5.10 Å². The Balaban J connectivity index is 0.000000429. The zero-order valence-corrected chi connectivity index (χ0v) is 19.1. The van der Waals surface area contributed by atoms with Crippen LogP contribution in [0.1, 0.15) is 28.8 Å². The molecule has 0 aliphatic carbocycles. The van der Waals surface area contributed by atoms with Crippen LogP contribution in [0.25, 0.3) is 11.3 Å². The van der Waals surface area contributed by atoms with Crippen molar-refractivity contribution in [2.75, 3.05) is 25.0 Å². The summed E-state index contributed by atoms with van der Waals surface area (Å²) in [4.78, 5) is 24.1. The Labute approximate surface area is 200 Å². The van der Waals surface area contributed by atoms with Crippen LogP contribution < -0.4 is 5.32 Å². The number of likely N-dealkylation sites (tertiary alicyclic amines) is 1. The maximum atomic E-state index is 12.7. The van der Waals surface area contributed by atoms with E-state index in [1.165, 1.54) is 25.9 Å². The van der Waals surface area contributed by atoms with Crippen molar-refractivity contribution in [2.45, 2.75) is 32.5 Å². The van der Waals surface area contributed by atoms with Gasteiger partial charge in [0.1, 0.15) is 5.69 Å². The summed E-state index contributed by atoms with van der Waals surface area (Å²) in [5.74, 6) is -2.88. The van der Waals surface area contributed by atoms with E-state index >= 15 is 0 Å². The van der Waals surface area contributed by atoms with Gasteiger partial charge in [0.15, 0.2) is 0 Å². The third-order valence-electron chi connectivity index (χ3n) is 5.43. The number of aryl methyl sites for hydroxylation is 1. The van der Waals surface area contributed by atoms with Crippen molar-refractivity contribution in [3.05, 3.63) is 65.9 Å². The van der Waals surface area contributed by atoms with Crippen LogP contribution in [-0.2, 0) is 11.3 Å². The van der Waals surface area contributed by atoms with Crippen molar-refractivity contribution in [1.82, 2.24) is 19.9 Å². The molecule has 2 N–H and O–H groups in total. The molecule has 1 aliphatic heterocycles. The van der Waals surface area contributed by atoms with Crippen LogP contribution in [0.3, 0.4) is 0 Å². The van der Waals surface area contributed by atoms with E-state index in [9.17, 15) is 18.0 Å². The standard InChI is InChI=1S/C22H25N5O.C2HF3O2/c1-17-9-10-18(15-20(17)22(28)23-19-7-3-2-4-8-19)21-16-27(25-24-21)14-13-26-11-5-6-12-26;3-2(4,5)1(6)7/h2-4,7-10,15-16H,5-6,11-14H2,1H3,(H,23,28);(H,6,7). The predicted octanol–water partition coefficient (Wildman–Crippen LogP) is 4.23. The van der Waals surface area contributed by atoms with Crippen LogP contribution in [0.4, 0.5) is 18.9 Å². The highest BCUT2D eigenvalue weighted by Crippen LogP contribution is 2.21. The number of anilines is 1. The molecule has 4 rings (SSSR count). The molecule has 0 atom stereocenters. The van der Waals surface area contributed by atoms with E-state index in [2.05, 4.69) is 20.5 Å². The van der Waals surface area contributed by atoms with E-state index in [-0.39, 0.29) is 5.91 Å². The average molecular weight is 489 g/mol. The molecule has 0 radical (unpaired) electrons. The number of carbonyl (C=O) groups excluding carboxylic acids is 1. The molecular weight excluding hydrogens is 463 g/mol. The van der Waals surface area contributed by atoms with Gasteiger partial charge in [-0.3, -0.25) is 9.48 Å². The molecule has 0 bridgehead atoms. The number of carboxylic acids is 1. The van der Waals surface area contributed by atoms with Gasteiger partial charge in [-0.05, 0) is 56.6 Å². The number of carboxylic acid groups (broad SMARTS) is 1. The number of aliphatic carboxylic acids is 1. The lowest BCUT2D eigenvalue weighted by Crippen LogP contribution is -2.24. The maximum absolute atomic E-state index is 12.7. The van der Waals surface area contributed by atoms with E-state index in [0.717, 1.165) is 35.6 Å². The van der Waals surface area contributed by atoms with Gasteiger partial charge in [-0.2, -0.15) is 13.2 Å². The fraction of sp³-hybridized carbons (Fsp3) is 0.333. The molecule has 2 heterocycles. The molecule has 1 aliphatic rings. The number of alkyl halides is 3. The molecule has 0 spiro atoms. The van der Waals surface area contributed by atoms with Gasteiger partial charge in [0.25, 0.3) is 5.91 Å². The van der Waals surface area contributed by atoms with Crippen molar-refractivity contribution < 1.29 is 27.9 Å². The van der Waals surface area contributed by atoms with Crippen LogP contribution in [-0.4, -0.2) is 62.7 Å².